The summed E-state index contributed by atoms with van der Waals surface area (Å²) in [5.74, 6) is 0. The minimum absolute atomic E-state index is 0.190. The average Bonchev–Trinajstić information content (AvgIpc) is 2.43. The Morgan fingerprint density at radius 1 is 0.909 bits per heavy atom. The number of halogens is 1. The molecular weight excluding hydrogens is 403 g/mol. The lowest BCUT2D eigenvalue weighted by atomic mass is 10.2. The highest BCUT2D eigenvalue weighted by molar-refractivity contribution is 14.1. The maximum absolute atomic E-state index is 12.5. The molecule has 4 heteroatoms. The Morgan fingerprint density at radius 2 is 1.36 bits per heavy atom. The molecule has 0 bridgehead atoms. The Bertz CT molecular complexity index is 710. The van der Waals surface area contributed by atoms with Gasteiger partial charge in [-0.1, -0.05) is 59.7 Å². The van der Waals surface area contributed by atoms with Crippen LogP contribution >= 0.6 is 22.6 Å². The van der Waals surface area contributed by atoms with Crippen LogP contribution in [0.25, 0.3) is 10.8 Å². The van der Waals surface area contributed by atoms with E-state index < -0.39 is 8.07 Å². The zero-order chi connectivity index (χ0) is 16.7. The SMILES string of the molecule is CC(C)[Si](c1oc(=O)c2ccccc2c1I)(C(C)C)C(C)C. The zero-order valence-corrected chi connectivity index (χ0v) is 17.4. The zero-order valence-electron chi connectivity index (χ0n) is 14.2. The minimum Gasteiger partial charge on any atom is -0.432 e. The Kier molecular flexibility index (Phi) is 5.22. The molecule has 0 spiro atoms. The molecule has 0 aliphatic heterocycles. The Morgan fingerprint density at radius 3 is 1.82 bits per heavy atom. The maximum Gasteiger partial charge on any atom is 0.343 e. The molecule has 1 aromatic heterocycles. The van der Waals surface area contributed by atoms with Gasteiger partial charge in [0.2, 0.25) is 0 Å². The predicted molar refractivity (Wildman–Crippen MR) is 106 cm³/mol. The van der Waals surface area contributed by atoms with Crippen LogP contribution < -0.4 is 11.0 Å². The quantitative estimate of drug-likeness (QED) is 0.490. The summed E-state index contributed by atoms with van der Waals surface area (Å²) in [6.07, 6.45) is 0. The van der Waals surface area contributed by atoms with E-state index in [9.17, 15) is 4.79 Å². The number of fused-ring (bicyclic) bond motifs is 1. The summed E-state index contributed by atoms with van der Waals surface area (Å²) in [6, 6.07) is 7.79. The van der Waals surface area contributed by atoms with Gasteiger partial charge in [0, 0.05) is 5.39 Å². The second kappa shape index (κ2) is 6.47. The third-order valence-electron chi connectivity index (χ3n) is 5.04. The summed E-state index contributed by atoms with van der Waals surface area (Å²) in [4.78, 5) is 12.5. The van der Waals surface area contributed by atoms with E-state index in [1.54, 1.807) is 0 Å². The molecule has 0 N–H and O–H groups in total. The van der Waals surface area contributed by atoms with Gasteiger partial charge in [-0.15, -0.1) is 0 Å². The van der Waals surface area contributed by atoms with Crippen molar-refractivity contribution in [3.05, 3.63) is 38.3 Å². The molecule has 120 valence electrons. The van der Waals surface area contributed by atoms with E-state index in [2.05, 4.69) is 64.1 Å². The topological polar surface area (TPSA) is 30.2 Å². The third-order valence-corrected chi connectivity index (χ3v) is 13.5. The monoisotopic (exact) mass is 428 g/mol. The van der Waals surface area contributed by atoms with Crippen molar-refractivity contribution >= 4 is 46.8 Å². The van der Waals surface area contributed by atoms with Crippen molar-refractivity contribution in [1.29, 1.82) is 0 Å². The number of benzene rings is 1. The summed E-state index contributed by atoms with van der Waals surface area (Å²) < 4.78 is 7.10. The van der Waals surface area contributed by atoms with Crippen molar-refractivity contribution in [3.63, 3.8) is 0 Å². The molecule has 0 atom stereocenters. The molecule has 1 heterocycles. The van der Waals surface area contributed by atoms with Gasteiger partial charge in [0.15, 0.2) is 0 Å². The van der Waals surface area contributed by atoms with Gasteiger partial charge in [0.25, 0.3) is 0 Å². The standard InChI is InChI=1S/C18H25IO2Si/c1-11(2)22(12(3)4,13(5)6)18-16(19)14-9-7-8-10-15(14)17(20)21-18/h7-13H,1-6H3. The molecule has 2 aromatic rings. The molecule has 22 heavy (non-hydrogen) atoms. The van der Waals surface area contributed by atoms with Gasteiger partial charge in [-0.2, -0.15) is 0 Å². The normalized spacial score (nSPS) is 12.8. The Balaban J connectivity index is 2.92. The first-order valence-electron chi connectivity index (χ1n) is 7.96. The molecule has 0 aliphatic rings. The molecule has 0 radical (unpaired) electrons. The van der Waals surface area contributed by atoms with E-state index in [1.807, 2.05) is 24.3 Å². The molecule has 0 saturated carbocycles. The number of hydrogen-bond donors (Lipinski definition) is 0. The Hall–Kier alpha value is -0.623. The summed E-state index contributed by atoms with van der Waals surface area (Å²) in [5, 5.41) is 2.72. The molecule has 1 aromatic carbocycles. The van der Waals surface area contributed by atoms with E-state index >= 15 is 0 Å². The fraction of sp³-hybridized carbons (Fsp3) is 0.500. The molecule has 0 amide bonds. The lowest BCUT2D eigenvalue weighted by Crippen LogP contribution is -2.57. The molecule has 0 saturated heterocycles. The average molecular weight is 428 g/mol. The lowest BCUT2D eigenvalue weighted by Gasteiger charge is -2.42. The van der Waals surface area contributed by atoms with E-state index in [0.29, 0.717) is 22.0 Å². The molecule has 0 aliphatic carbocycles. The van der Waals surface area contributed by atoms with Crippen molar-refractivity contribution < 1.29 is 4.42 Å². The van der Waals surface area contributed by atoms with Crippen LogP contribution in [-0.4, -0.2) is 8.07 Å². The summed E-state index contributed by atoms with van der Waals surface area (Å²) in [5.41, 5.74) is 1.37. The fourth-order valence-corrected chi connectivity index (χ4v) is 12.6. The van der Waals surface area contributed by atoms with Crippen LogP contribution in [0.5, 0.6) is 0 Å². The van der Waals surface area contributed by atoms with E-state index in [0.717, 1.165) is 14.3 Å². The molecule has 0 unspecified atom stereocenters. The smallest absolute Gasteiger partial charge is 0.343 e. The van der Waals surface area contributed by atoms with Crippen LogP contribution in [-0.2, 0) is 0 Å². The highest BCUT2D eigenvalue weighted by Crippen LogP contribution is 2.42. The minimum atomic E-state index is -1.97. The summed E-state index contributed by atoms with van der Waals surface area (Å²) in [6.45, 7) is 13.7. The van der Waals surface area contributed by atoms with E-state index in [1.165, 1.54) is 0 Å². The lowest BCUT2D eigenvalue weighted by molar-refractivity contribution is 0.539. The number of rotatable bonds is 4. The van der Waals surface area contributed by atoms with Gasteiger partial charge < -0.3 is 4.42 Å². The maximum atomic E-state index is 12.5. The van der Waals surface area contributed by atoms with E-state index in [-0.39, 0.29) is 5.63 Å². The first-order valence-corrected chi connectivity index (χ1v) is 11.3. The van der Waals surface area contributed by atoms with Crippen molar-refractivity contribution in [2.24, 2.45) is 0 Å². The van der Waals surface area contributed by atoms with Crippen LogP contribution in [0, 0.1) is 3.57 Å². The van der Waals surface area contributed by atoms with Gasteiger partial charge in [0.1, 0.15) is 13.5 Å². The van der Waals surface area contributed by atoms with Gasteiger partial charge in [-0.3, -0.25) is 0 Å². The summed E-state index contributed by atoms with van der Waals surface area (Å²) in [7, 11) is -1.97. The van der Waals surface area contributed by atoms with Crippen molar-refractivity contribution in [2.45, 2.75) is 58.2 Å². The second-order valence-corrected chi connectivity index (χ2v) is 13.8. The predicted octanol–water partition coefficient (Wildman–Crippen LogP) is 5.28. The first-order chi connectivity index (χ1) is 10.2. The van der Waals surface area contributed by atoms with Crippen molar-refractivity contribution in [3.8, 4) is 0 Å². The Labute approximate surface area is 147 Å². The van der Waals surface area contributed by atoms with Crippen LogP contribution in [0.1, 0.15) is 41.5 Å². The molecule has 2 rings (SSSR count). The van der Waals surface area contributed by atoms with Crippen LogP contribution in [0.4, 0.5) is 0 Å². The summed E-state index contributed by atoms with van der Waals surface area (Å²) >= 11 is 2.38. The van der Waals surface area contributed by atoms with E-state index in [4.69, 9.17) is 4.42 Å². The second-order valence-electron chi connectivity index (χ2n) is 6.98. The first kappa shape index (κ1) is 17.7. The van der Waals surface area contributed by atoms with Gasteiger partial charge >= 0.3 is 5.63 Å². The fourth-order valence-electron chi connectivity index (χ4n) is 4.23. The highest BCUT2D eigenvalue weighted by atomic mass is 127. The van der Waals surface area contributed by atoms with Crippen LogP contribution in [0.3, 0.4) is 0 Å². The molecule has 2 nitrogen and oxygen atoms in total. The highest BCUT2D eigenvalue weighted by Gasteiger charge is 2.48. The van der Waals surface area contributed by atoms with Gasteiger partial charge in [-0.05, 0) is 45.3 Å². The molecular formula is C18H25IO2Si. The van der Waals surface area contributed by atoms with Gasteiger partial charge in [0.05, 0.1) is 8.96 Å². The van der Waals surface area contributed by atoms with Crippen LogP contribution in [0.2, 0.25) is 16.6 Å². The van der Waals surface area contributed by atoms with Gasteiger partial charge in [-0.25, -0.2) is 4.79 Å². The molecule has 0 fully saturated rings. The van der Waals surface area contributed by atoms with Crippen LogP contribution in [0.15, 0.2) is 33.5 Å². The van der Waals surface area contributed by atoms with Crippen molar-refractivity contribution in [1.82, 2.24) is 0 Å². The number of hydrogen-bond acceptors (Lipinski definition) is 2. The largest absolute Gasteiger partial charge is 0.432 e. The van der Waals surface area contributed by atoms with Crippen molar-refractivity contribution in [2.75, 3.05) is 0 Å². The third kappa shape index (κ3) is 2.58.